The van der Waals surface area contributed by atoms with Crippen LogP contribution < -0.4 is 115 Å². The molecule has 6 saturated heterocycles. The molecule has 780 valence electrons. The maximum Gasteiger partial charge on any atom is 0.327 e. The average molecular weight is 1940 g/mol. The highest BCUT2D eigenvalue weighted by Crippen LogP contribution is 2.24. The van der Waals surface area contributed by atoms with Crippen molar-refractivity contribution in [1.82, 2.24) is 99.2 Å². The van der Waals surface area contributed by atoms with Crippen molar-refractivity contribution < 1.29 is 77.6 Å². The van der Waals surface area contributed by atoms with Crippen LogP contribution in [0.1, 0.15) is 170 Å². The predicted octanol–water partition coefficient (Wildman–Crippen LogP) is -5.77. The van der Waals surface area contributed by atoms with E-state index < -0.39 is 35.6 Å². The number of benzene rings is 1. The van der Waals surface area contributed by atoms with Crippen LogP contribution >= 0.6 is 0 Å². The number of carboxylic acid groups (broad SMARTS) is 1. The molecule has 48 nitrogen and oxygen atoms in total. The van der Waals surface area contributed by atoms with Gasteiger partial charge in [-0.05, 0) is 136 Å². The number of hydrogen-bond acceptors (Lipinski definition) is 29. The first-order chi connectivity index (χ1) is 65.0. The Morgan fingerprint density at radius 2 is 0.642 bits per heavy atom. The van der Waals surface area contributed by atoms with E-state index in [1.165, 1.54) is 7.05 Å². The molecule has 6 aliphatic heterocycles. The van der Waals surface area contributed by atoms with Gasteiger partial charge >= 0.3 is 5.97 Å². The molecule has 12 unspecified atom stereocenters. The summed E-state index contributed by atoms with van der Waals surface area (Å²) in [5.41, 5.74) is 41.3. The highest BCUT2D eigenvalue weighted by atomic mass is 16.4. The number of carbonyl (C=O) groups excluding carboxylic acids is 12. The Kier molecular flexibility index (Phi) is 63.6. The van der Waals surface area contributed by atoms with Gasteiger partial charge in [-0.3, -0.25) is 107 Å². The number of rotatable bonds is 40. The number of Topliss-reactive ketones (excluding diaryl/α,β-unsaturated/α-hetero) is 6. The summed E-state index contributed by atoms with van der Waals surface area (Å²) in [5, 5.41) is 64.6. The van der Waals surface area contributed by atoms with Gasteiger partial charge in [0.25, 0.3) is 0 Å². The summed E-state index contributed by atoms with van der Waals surface area (Å²) >= 11 is 0. The van der Waals surface area contributed by atoms with E-state index in [1.807, 2.05) is 77.4 Å². The molecule has 31 N–H and O–H groups in total. The molecular formula is C89H168N32O16. The van der Waals surface area contributed by atoms with E-state index in [2.05, 4.69) is 110 Å². The first kappa shape index (κ1) is 126. The highest BCUT2D eigenvalue weighted by molar-refractivity contribution is 5.96. The normalized spacial score (nSPS) is 22.7. The average Bonchev–Trinajstić information content (AvgIpc) is 0.804. The van der Waals surface area contributed by atoms with Gasteiger partial charge in [0.2, 0.25) is 35.4 Å². The molecule has 1 aromatic carbocycles. The lowest BCUT2D eigenvalue weighted by Crippen LogP contribution is -2.68. The van der Waals surface area contributed by atoms with Crippen LogP contribution in [0.3, 0.4) is 0 Å². The number of hydrazine groups is 1. The number of aliphatic carboxylic acids is 1. The van der Waals surface area contributed by atoms with Gasteiger partial charge in [-0.25, -0.2) is 15.2 Å². The lowest BCUT2D eigenvalue weighted by atomic mass is 9.84. The summed E-state index contributed by atoms with van der Waals surface area (Å²) in [4.78, 5) is 186. The van der Waals surface area contributed by atoms with E-state index in [1.54, 1.807) is 97.4 Å². The molecule has 0 aliphatic carbocycles. The number of carbonyl (C=O) groups is 13. The number of phenolic OH excluding ortho intramolecular Hbond substituents is 1. The number of nitrogens with two attached hydrogens (primary N) is 7. The number of nitrogens with zero attached hydrogens (tertiary/aromatic N) is 11. The number of ketones is 6. The molecule has 0 aromatic heterocycles. The second kappa shape index (κ2) is 69.4. The zero-order valence-electron chi connectivity index (χ0n) is 84.6. The molecule has 6 aliphatic rings. The SMILES string of the molecule is CCC(=O)C1CN(C)C(CCCNC(N)=NC)C(=O)N1.CCC(=O)C1CN(C)C(CCCNC(N)=NC)C(=O)N1.CCC(=O)C1CN(C)C(CCCNC(N)=NC)C(=O)N1.CCC(=O)C1CN(N[C@@H](Cc2ccc(O)cc2)C(=O)C(C)(C)C)C(CCCNC(N)=NC)C(=O)N1.CCC(=O)C1CNC(CCCNC(N)=NC)C(=O)N1.CN.CN=C(N)NCCCC1C(=O)NC(C(=O)O)CN1C.CO. The number of hydrogen-bond donors (Lipinski definition) is 24. The summed E-state index contributed by atoms with van der Waals surface area (Å²) < 4.78 is 0. The zero-order valence-corrected chi connectivity index (χ0v) is 84.6. The van der Waals surface area contributed by atoms with Gasteiger partial charge in [0.15, 0.2) is 70.5 Å². The molecule has 6 heterocycles. The van der Waals surface area contributed by atoms with Gasteiger partial charge in [-0.2, -0.15) is 0 Å². The van der Waals surface area contributed by atoms with Crippen LogP contribution in [0.2, 0.25) is 0 Å². The van der Waals surface area contributed by atoms with E-state index >= 15 is 0 Å². The monoisotopic (exact) mass is 1940 g/mol. The molecular weight excluding hydrogens is 1770 g/mol. The highest BCUT2D eigenvalue weighted by Gasteiger charge is 2.43. The summed E-state index contributed by atoms with van der Waals surface area (Å²) in [7, 11) is 19.6. The van der Waals surface area contributed by atoms with Crippen molar-refractivity contribution in [2.45, 2.75) is 250 Å². The smallest absolute Gasteiger partial charge is 0.327 e. The number of phenols is 1. The van der Waals surface area contributed by atoms with E-state index in [0.29, 0.717) is 172 Å². The van der Waals surface area contributed by atoms with Crippen LogP contribution in [0.5, 0.6) is 5.75 Å². The van der Waals surface area contributed by atoms with E-state index in [0.717, 1.165) is 64.0 Å². The third-order valence-corrected chi connectivity index (χ3v) is 23.0. The number of aliphatic imine (C=N–C) groups is 6. The Morgan fingerprint density at radius 3 is 0.905 bits per heavy atom. The van der Waals surface area contributed by atoms with Crippen LogP contribution in [0, 0.1) is 5.41 Å². The minimum absolute atomic E-state index is 0.0118. The Balaban J connectivity index is 0.00000164. The number of piperazine rings is 6. The van der Waals surface area contributed by atoms with Crippen LogP contribution in [0.25, 0.3) is 0 Å². The second-order valence-corrected chi connectivity index (χ2v) is 34.0. The number of guanidine groups is 6. The largest absolute Gasteiger partial charge is 0.508 e. The van der Waals surface area contributed by atoms with Crippen LogP contribution in [0.4, 0.5) is 0 Å². The minimum Gasteiger partial charge on any atom is -0.508 e. The number of aliphatic hydroxyl groups is 1. The van der Waals surface area contributed by atoms with Crippen molar-refractivity contribution >= 4 is 112 Å². The molecule has 13 atom stereocenters. The summed E-state index contributed by atoms with van der Waals surface area (Å²) in [6, 6.07) is 1.51. The molecule has 6 amide bonds. The molecule has 0 saturated carbocycles. The predicted molar refractivity (Wildman–Crippen MR) is 534 cm³/mol. The van der Waals surface area contributed by atoms with Gasteiger partial charge in [0.05, 0.1) is 42.3 Å². The summed E-state index contributed by atoms with van der Waals surface area (Å²) in [5.74, 6) is 0.884. The van der Waals surface area contributed by atoms with E-state index in [-0.39, 0.29) is 137 Å². The third kappa shape index (κ3) is 48.0. The fourth-order valence-electron chi connectivity index (χ4n) is 14.9. The summed E-state index contributed by atoms with van der Waals surface area (Å²) in [6.45, 7) is 21.3. The molecule has 0 bridgehead atoms. The topological polar surface area (TPSA) is 724 Å². The van der Waals surface area contributed by atoms with Crippen molar-refractivity contribution in [3.63, 3.8) is 0 Å². The standard InChI is InChI=1S/C25H40N6O4.3C13H25N5O2.C12H23N5O2.C11H21N5O3.CH5N.CH4O/c1-6-21(33)19-15-31(20(23(35)29-19)8-7-13-28-24(26)27-5)30-18(22(34)25(2,3)4)14-16-9-11-17(32)12-10-16;3*1-4-11(19)9-8-18(3)10(12(20)17-9)6-5-7-16-13(14)15-2;1-3-10(18)9-7-16-8(11(19)17-9)5-4-6-15-12(13)14-2;1-13-11(12)14-5-3-4-8-9(17)15-7(10(18)19)6-16(8)2;2*1-2/h9-12,18-20,30,32H,6-8,13-15H2,1-5H3,(H,29,35)(H3,26,27,28);3*9-10H,4-8H2,1-3H3,(H,17,20)(H3,14,15,16);8-9,16H,3-7H2,1-2H3,(H,17,19)(H3,13,14,15);7-8H,3-6H2,1-2H3,(H,15,17)(H,18,19)(H3,12,13,14);2H2,1H3;2H,1H3/t18-,19?,20?;;;;;;;/m0......./s1. The Hall–Kier alpha value is -11.4. The number of aliphatic hydroxyl groups excluding tert-OH is 1. The van der Waals surface area contributed by atoms with Crippen LogP contribution in [-0.4, -0.2) is 394 Å². The molecule has 1 aromatic rings. The van der Waals surface area contributed by atoms with Gasteiger partial charge in [-0.1, -0.05) is 67.5 Å². The molecule has 0 radical (unpaired) electrons. The number of amides is 6. The third-order valence-electron chi connectivity index (χ3n) is 23.0. The lowest BCUT2D eigenvalue weighted by Gasteiger charge is -2.41. The Labute approximate surface area is 808 Å². The number of likely N-dealkylation sites (N-methyl/N-ethyl adjacent to an activating group) is 4. The second-order valence-electron chi connectivity index (χ2n) is 34.0. The van der Waals surface area contributed by atoms with Crippen molar-refractivity contribution in [3.8, 4) is 5.75 Å². The fourth-order valence-corrected chi connectivity index (χ4v) is 14.9. The minimum atomic E-state index is -1.01. The maximum absolute atomic E-state index is 13.4. The number of aromatic hydroxyl groups is 1. The van der Waals surface area contributed by atoms with Crippen LogP contribution in [0.15, 0.2) is 54.2 Å². The summed E-state index contributed by atoms with van der Waals surface area (Å²) in [6.07, 6.45) is 11.1. The van der Waals surface area contributed by atoms with E-state index in [4.69, 9.17) is 44.6 Å². The van der Waals surface area contributed by atoms with Crippen molar-refractivity contribution in [2.75, 3.05) is 163 Å². The van der Waals surface area contributed by atoms with Crippen LogP contribution in [-0.2, 0) is 68.7 Å². The molecule has 6 fully saturated rings. The van der Waals surface area contributed by atoms with Crippen molar-refractivity contribution in [3.05, 3.63) is 29.8 Å². The van der Waals surface area contributed by atoms with Gasteiger partial charge in [-0.15, -0.1) is 0 Å². The van der Waals surface area contributed by atoms with Crippen molar-refractivity contribution in [2.24, 2.45) is 75.5 Å². The molecule has 48 heteroatoms. The first-order valence-corrected chi connectivity index (χ1v) is 46.8. The maximum atomic E-state index is 13.4. The zero-order chi connectivity index (χ0) is 104. The Morgan fingerprint density at radius 1 is 0.394 bits per heavy atom. The van der Waals surface area contributed by atoms with Gasteiger partial charge < -0.3 is 125 Å². The molecule has 0 spiro atoms. The Bertz CT molecular complexity index is 3890. The van der Waals surface area contributed by atoms with Crippen molar-refractivity contribution in [1.29, 1.82) is 0 Å². The molecule has 137 heavy (non-hydrogen) atoms. The number of nitrogens with one attached hydrogen (secondary N) is 14. The quantitative estimate of drug-likeness (QED) is 0.0165. The fraction of sp³-hybridized carbons (Fsp3) is 0.719. The first-order valence-electron chi connectivity index (χ1n) is 46.8. The van der Waals surface area contributed by atoms with Gasteiger partial charge in [0, 0.05) is 165 Å². The van der Waals surface area contributed by atoms with E-state index in [9.17, 15) is 67.4 Å². The molecule has 7 rings (SSSR count). The number of carboxylic acids is 1. The van der Waals surface area contributed by atoms with Gasteiger partial charge in [0.1, 0.15) is 42.0 Å². The lowest BCUT2D eigenvalue weighted by molar-refractivity contribution is -0.146.